The lowest BCUT2D eigenvalue weighted by molar-refractivity contribution is -0.141. The van der Waals surface area contributed by atoms with E-state index in [4.69, 9.17) is 24.2 Å². The first kappa shape index (κ1) is 40.3. The highest BCUT2D eigenvalue weighted by Crippen LogP contribution is 2.47. The highest BCUT2D eigenvalue weighted by Gasteiger charge is 2.63. The van der Waals surface area contributed by atoms with Crippen LogP contribution in [-0.4, -0.2) is 95.3 Å². The Morgan fingerprint density at radius 1 is 0.966 bits per heavy atom. The largest absolute Gasteiger partial charge is 0.497 e. The van der Waals surface area contributed by atoms with Crippen LogP contribution in [0.15, 0.2) is 30.4 Å². The molecule has 3 N–H and O–H groups in total. The van der Waals surface area contributed by atoms with Gasteiger partial charge in [-0.2, -0.15) is 0 Å². The van der Waals surface area contributed by atoms with Crippen LogP contribution in [0.5, 0.6) is 11.6 Å². The Balaban J connectivity index is 1.14. The second-order valence-corrected chi connectivity index (χ2v) is 19.7. The molecule has 7 atom stereocenters. The van der Waals surface area contributed by atoms with Crippen molar-refractivity contribution in [3.8, 4) is 11.6 Å². The Morgan fingerprint density at radius 3 is 2.57 bits per heavy atom. The zero-order valence-electron chi connectivity index (χ0n) is 33.5. The SMILES string of the molecule is COc1ccc2nc3c(nc2c1)O[C@@H]1C[C@@H]2C(=O)N[C@@]4(C(=O)NS(=O)(=O)C5(C)CC5)C[C@H]4/C=C/CCCCC[C@@H](NC(=O)O[C@H]4CCC[C@@H]4CCCCC3)C(=O)N2C1. The number of amides is 4. The molecule has 3 bridgehead atoms. The van der Waals surface area contributed by atoms with Crippen molar-refractivity contribution in [3.63, 3.8) is 0 Å². The molecule has 0 radical (unpaired) electrons. The van der Waals surface area contributed by atoms with Crippen LogP contribution in [-0.2, 0) is 35.6 Å². The van der Waals surface area contributed by atoms with Crippen molar-refractivity contribution in [2.45, 2.75) is 151 Å². The van der Waals surface area contributed by atoms with Crippen LogP contribution in [0.2, 0.25) is 0 Å². The Kier molecular flexibility index (Phi) is 11.3. The molecule has 4 fully saturated rings. The lowest BCUT2D eigenvalue weighted by Gasteiger charge is -2.30. The molecule has 1 aromatic carbocycles. The molecule has 8 rings (SSSR count). The van der Waals surface area contributed by atoms with Gasteiger partial charge in [0.25, 0.3) is 5.91 Å². The lowest BCUT2D eigenvalue weighted by Crippen LogP contribution is -2.58. The molecule has 4 amide bonds. The number of carbonyl (C=O) groups excluding carboxylic acids is 4. The van der Waals surface area contributed by atoms with Crippen molar-refractivity contribution < 1.29 is 41.8 Å². The summed E-state index contributed by atoms with van der Waals surface area (Å²) >= 11 is 0. The number of alkyl carbamates (subject to hydrolysis) is 1. The molecular formula is C42H56N6O9S. The van der Waals surface area contributed by atoms with E-state index in [9.17, 15) is 27.6 Å². The second kappa shape index (κ2) is 16.3. The van der Waals surface area contributed by atoms with Crippen LogP contribution in [0.3, 0.4) is 0 Å². The molecule has 314 valence electrons. The highest BCUT2D eigenvalue weighted by atomic mass is 32.2. The highest BCUT2D eigenvalue weighted by molar-refractivity contribution is 7.91. The van der Waals surface area contributed by atoms with Gasteiger partial charge in [-0.3, -0.25) is 19.1 Å². The van der Waals surface area contributed by atoms with Gasteiger partial charge in [-0.25, -0.2) is 23.2 Å². The third-order valence-electron chi connectivity index (χ3n) is 13.3. The van der Waals surface area contributed by atoms with E-state index in [1.807, 2.05) is 24.3 Å². The molecule has 2 aromatic rings. The van der Waals surface area contributed by atoms with E-state index in [1.165, 1.54) is 4.90 Å². The molecule has 3 aliphatic carbocycles. The van der Waals surface area contributed by atoms with Crippen molar-refractivity contribution in [2.24, 2.45) is 11.8 Å². The number of benzene rings is 1. The van der Waals surface area contributed by atoms with Gasteiger partial charge < -0.3 is 29.7 Å². The summed E-state index contributed by atoms with van der Waals surface area (Å²) in [4.78, 5) is 68.1. The fourth-order valence-corrected chi connectivity index (χ4v) is 10.5. The maximum atomic E-state index is 14.7. The number of aromatic nitrogens is 2. The molecule has 0 unspecified atom stereocenters. The lowest BCUT2D eigenvalue weighted by atomic mass is 9.97. The molecular weight excluding hydrogens is 765 g/mol. The zero-order valence-corrected chi connectivity index (χ0v) is 34.3. The van der Waals surface area contributed by atoms with Gasteiger partial charge in [0, 0.05) is 18.4 Å². The number of hydrogen-bond acceptors (Lipinski definition) is 11. The van der Waals surface area contributed by atoms with Gasteiger partial charge in [0.1, 0.15) is 41.3 Å². The van der Waals surface area contributed by atoms with Crippen LogP contribution < -0.4 is 24.8 Å². The first-order valence-electron chi connectivity index (χ1n) is 21.2. The molecule has 16 heteroatoms. The zero-order chi connectivity index (χ0) is 40.7. The minimum absolute atomic E-state index is 0.00137. The minimum Gasteiger partial charge on any atom is -0.497 e. The van der Waals surface area contributed by atoms with Gasteiger partial charge in [0.15, 0.2) is 0 Å². The Morgan fingerprint density at radius 2 is 1.76 bits per heavy atom. The van der Waals surface area contributed by atoms with Crippen LogP contribution in [0.4, 0.5) is 4.79 Å². The summed E-state index contributed by atoms with van der Waals surface area (Å²) in [5, 5.41) is 5.82. The third kappa shape index (κ3) is 8.35. The van der Waals surface area contributed by atoms with Crippen molar-refractivity contribution in [1.82, 2.24) is 30.2 Å². The maximum Gasteiger partial charge on any atom is 0.408 e. The predicted octanol–water partition coefficient (Wildman–Crippen LogP) is 4.76. The number of nitrogens with one attached hydrogen (secondary N) is 3. The molecule has 0 spiro atoms. The van der Waals surface area contributed by atoms with Crippen LogP contribution in [0.25, 0.3) is 11.0 Å². The molecule has 1 aromatic heterocycles. The Bertz CT molecular complexity index is 2070. The van der Waals surface area contributed by atoms with E-state index in [2.05, 4.69) is 15.4 Å². The van der Waals surface area contributed by atoms with E-state index in [-0.39, 0.29) is 31.4 Å². The molecule has 1 saturated heterocycles. The summed E-state index contributed by atoms with van der Waals surface area (Å²) in [6, 6.07) is 3.41. The van der Waals surface area contributed by atoms with Crippen molar-refractivity contribution in [2.75, 3.05) is 13.7 Å². The Labute approximate surface area is 339 Å². The van der Waals surface area contributed by atoms with E-state index >= 15 is 0 Å². The number of methoxy groups -OCH3 is 1. The summed E-state index contributed by atoms with van der Waals surface area (Å²) in [5.74, 6) is -1.10. The average Bonchev–Trinajstić information content (AvgIpc) is 4.00. The molecule has 15 nitrogen and oxygen atoms in total. The van der Waals surface area contributed by atoms with Crippen LogP contribution >= 0.6 is 0 Å². The number of sulfonamides is 1. The monoisotopic (exact) mass is 820 g/mol. The Hall–Kier alpha value is -4.47. The first-order chi connectivity index (χ1) is 27.9. The number of fused-ring (bicyclic) bond motifs is 6. The summed E-state index contributed by atoms with van der Waals surface area (Å²) in [5.41, 5.74) is 0.437. The summed E-state index contributed by atoms with van der Waals surface area (Å²) in [7, 11) is -2.41. The molecule has 3 aliphatic heterocycles. The van der Waals surface area contributed by atoms with E-state index in [0.717, 1.165) is 57.8 Å². The van der Waals surface area contributed by atoms with Gasteiger partial charge in [-0.05, 0) is 102 Å². The van der Waals surface area contributed by atoms with Crippen LogP contribution in [0.1, 0.15) is 115 Å². The van der Waals surface area contributed by atoms with E-state index in [0.29, 0.717) is 66.9 Å². The van der Waals surface area contributed by atoms with Crippen molar-refractivity contribution in [1.29, 1.82) is 0 Å². The number of allylic oxidation sites excluding steroid dienone is 1. The smallest absolute Gasteiger partial charge is 0.408 e. The predicted molar refractivity (Wildman–Crippen MR) is 213 cm³/mol. The summed E-state index contributed by atoms with van der Waals surface area (Å²) in [6.07, 6.45) is 13.7. The van der Waals surface area contributed by atoms with E-state index in [1.54, 1.807) is 20.1 Å². The fraction of sp³-hybridized carbons (Fsp3) is 0.667. The van der Waals surface area contributed by atoms with Gasteiger partial charge in [0.05, 0.1) is 29.4 Å². The number of carbonyl (C=O) groups is 4. The number of nitrogens with zero attached hydrogens (tertiary/aromatic N) is 3. The van der Waals surface area contributed by atoms with Gasteiger partial charge >= 0.3 is 6.09 Å². The number of aryl methyl sites for hydroxylation is 1. The molecule has 58 heavy (non-hydrogen) atoms. The number of ether oxygens (including phenoxy) is 3. The second-order valence-electron chi connectivity index (χ2n) is 17.5. The van der Waals surface area contributed by atoms with E-state index < -0.39 is 68.2 Å². The van der Waals surface area contributed by atoms with Crippen molar-refractivity contribution >= 4 is 44.9 Å². The molecule has 3 saturated carbocycles. The van der Waals surface area contributed by atoms with Crippen LogP contribution in [0, 0.1) is 11.8 Å². The first-order valence-corrected chi connectivity index (χ1v) is 22.7. The maximum absolute atomic E-state index is 14.7. The van der Waals surface area contributed by atoms with Gasteiger partial charge in [0.2, 0.25) is 27.7 Å². The number of rotatable bonds is 4. The topological polar surface area (TPSA) is 195 Å². The number of hydrogen-bond donors (Lipinski definition) is 3. The van der Waals surface area contributed by atoms with Gasteiger partial charge in [-0.15, -0.1) is 0 Å². The summed E-state index contributed by atoms with van der Waals surface area (Å²) < 4.78 is 45.8. The molecule has 4 heterocycles. The average molecular weight is 821 g/mol. The third-order valence-corrected chi connectivity index (χ3v) is 15.4. The van der Waals surface area contributed by atoms with Gasteiger partial charge in [-0.1, -0.05) is 37.8 Å². The minimum atomic E-state index is -3.99. The quantitative estimate of drug-likeness (QED) is 0.360. The molecule has 6 aliphatic rings. The summed E-state index contributed by atoms with van der Waals surface area (Å²) in [6.45, 7) is 1.60. The standard InChI is InChI=1S/C42H56N6O9S/c1-41(20-21-41)58(53,54)47-39(51)42-24-27(42)14-8-4-3-5-9-16-32-38(50)48-25-29(23-34(48)36(49)46-42)56-37-31(43-30-19-18-28(55-2)22-33(30)44-37)15-10-6-7-12-26-13-11-17-35(26)57-40(52)45-32/h8,14,18-19,22,26-27,29,32,34-35H,3-7,9-13,15-17,20-21,23-25H2,1-2H3,(H,45,52)(H,46,49)(H,47,51)/b14-8+/t26-,27+,29+,32+,34+,35-,42-/m0/s1. The normalized spacial score (nSPS) is 32.2. The van der Waals surface area contributed by atoms with Crippen molar-refractivity contribution in [3.05, 3.63) is 36.0 Å². The fourth-order valence-electron chi connectivity index (χ4n) is 9.22.